The lowest BCUT2D eigenvalue weighted by Gasteiger charge is -2.18. The van der Waals surface area contributed by atoms with E-state index in [2.05, 4.69) is 35.5 Å². The maximum Gasteiger partial charge on any atom is 0.263 e. The van der Waals surface area contributed by atoms with Gasteiger partial charge in [-0.25, -0.2) is 24.3 Å². The summed E-state index contributed by atoms with van der Waals surface area (Å²) in [6.07, 6.45) is 4.82. The molecule has 2 aliphatic rings. The average molecular weight is 468 g/mol. The van der Waals surface area contributed by atoms with E-state index in [-0.39, 0.29) is 18.3 Å². The first-order valence-corrected chi connectivity index (χ1v) is 11.3. The van der Waals surface area contributed by atoms with Gasteiger partial charge in [0.2, 0.25) is 5.88 Å². The minimum Gasteiger partial charge on any atom is -0.480 e. The molecule has 1 aromatic carbocycles. The number of aromatic nitrogens is 4. The number of methoxy groups -OCH3 is 1. The number of benzene rings is 1. The predicted molar refractivity (Wildman–Crippen MR) is 122 cm³/mol. The lowest BCUT2D eigenvalue weighted by atomic mass is 10.1. The molecule has 0 bridgehead atoms. The van der Waals surface area contributed by atoms with Gasteiger partial charge in [-0.15, -0.1) is 0 Å². The summed E-state index contributed by atoms with van der Waals surface area (Å²) in [7, 11) is 1.53. The molecule has 2 aliphatic heterocycles. The standard InChI is InChI=1S/C23H26FN7O3/c1-33-20-11-26-18-3-2-17(24)16(21(18)30-20)5-7-31-6-4-14(12-31)8-25-9-15-10-27-23-22(28-15)29-19(32)13-34-23/h2-3,10-11,14,25H,4-9,12-13H2,1H3,(H,28,29,32)/t14-/m0/s1. The first-order valence-electron chi connectivity index (χ1n) is 11.3. The molecule has 0 spiro atoms. The van der Waals surface area contributed by atoms with E-state index in [0.717, 1.165) is 38.3 Å². The maximum atomic E-state index is 14.6. The number of hydrogen-bond acceptors (Lipinski definition) is 9. The summed E-state index contributed by atoms with van der Waals surface area (Å²) in [5, 5.41) is 6.10. The van der Waals surface area contributed by atoms with E-state index in [0.29, 0.717) is 53.1 Å². The molecule has 10 nitrogen and oxygen atoms in total. The zero-order valence-electron chi connectivity index (χ0n) is 18.9. The summed E-state index contributed by atoms with van der Waals surface area (Å²) in [4.78, 5) is 31.2. The first-order chi connectivity index (χ1) is 16.6. The summed E-state index contributed by atoms with van der Waals surface area (Å²) < 4.78 is 25.0. The number of halogens is 1. The van der Waals surface area contributed by atoms with Crippen LogP contribution < -0.4 is 20.1 Å². The second-order valence-corrected chi connectivity index (χ2v) is 8.49. The third kappa shape index (κ3) is 4.90. The number of likely N-dealkylation sites (tertiary alicyclic amines) is 1. The Morgan fingerprint density at radius 1 is 1.29 bits per heavy atom. The molecule has 1 atom stereocenters. The zero-order valence-corrected chi connectivity index (χ0v) is 18.9. The van der Waals surface area contributed by atoms with E-state index in [1.54, 1.807) is 18.5 Å². The fourth-order valence-corrected chi connectivity index (χ4v) is 4.37. The lowest BCUT2D eigenvalue weighted by Crippen LogP contribution is -2.29. The van der Waals surface area contributed by atoms with Gasteiger partial charge in [-0.3, -0.25) is 4.79 Å². The molecule has 4 heterocycles. The average Bonchev–Trinajstić information content (AvgIpc) is 3.30. The highest BCUT2D eigenvalue weighted by atomic mass is 19.1. The monoisotopic (exact) mass is 467 g/mol. The fourth-order valence-electron chi connectivity index (χ4n) is 4.37. The number of ether oxygens (including phenoxy) is 2. The van der Waals surface area contributed by atoms with E-state index in [4.69, 9.17) is 9.47 Å². The van der Waals surface area contributed by atoms with Crippen LogP contribution in [0.5, 0.6) is 11.8 Å². The molecule has 11 heteroatoms. The Bertz CT molecular complexity index is 1210. The van der Waals surface area contributed by atoms with Gasteiger partial charge in [0.15, 0.2) is 12.4 Å². The van der Waals surface area contributed by atoms with Gasteiger partial charge in [-0.1, -0.05) is 0 Å². The summed E-state index contributed by atoms with van der Waals surface area (Å²) in [5.41, 5.74) is 2.54. The molecule has 2 N–H and O–H groups in total. The second kappa shape index (κ2) is 9.82. The van der Waals surface area contributed by atoms with Crippen molar-refractivity contribution in [2.24, 2.45) is 5.92 Å². The Hall–Kier alpha value is -3.44. The highest BCUT2D eigenvalue weighted by Crippen LogP contribution is 2.24. The van der Waals surface area contributed by atoms with Crippen LogP contribution in [-0.2, 0) is 17.8 Å². The molecular weight excluding hydrogens is 441 g/mol. The van der Waals surface area contributed by atoms with Crippen LogP contribution in [0.25, 0.3) is 11.0 Å². The van der Waals surface area contributed by atoms with Crippen molar-refractivity contribution in [3.05, 3.63) is 41.6 Å². The normalized spacial score (nSPS) is 17.9. The first kappa shape index (κ1) is 22.4. The van der Waals surface area contributed by atoms with Gasteiger partial charge >= 0.3 is 0 Å². The highest BCUT2D eigenvalue weighted by Gasteiger charge is 2.23. The fraction of sp³-hybridized carbons (Fsp3) is 0.435. The van der Waals surface area contributed by atoms with E-state index < -0.39 is 0 Å². The summed E-state index contributed by atoms with van der Waals surface area (Å²) in [6, 6.07) is 3.10. The molecule has 34 heavy (non-hydrogen) atoms. The molecule has 3 aromatic rings. The summed E-state index contributed by atoms with van der Waals surface area (Å²) in [5.74, 6) is 1.09. The Morgan fingerprint density at radius 3 is 3.09 bits per heavy atom. The lowest BCUT2D eigenvalue weighted by molar-refractivity contribution is -0.118. The summed E-state index contributed by atoms with van der Waals surface area (Å²) in [6.45, 7) is 4.01. The summed E-state index contributed by atoms with van der Waals surface area (Å²) >= 11 is 0. The van der Waals surface area contributed by atoms with Crippen molar-refractivity contribution in [1.82, 2.24) is 30.2 Å². The van der Waals surface area contributed by atoms with E-state index in [1.807, 2.05) is 0 Å². The van der Waals surface area contributed by atoms with Crippen molar-refractivity contribution in [2.75, 3.05) is 45.2 Å². The van der Waals surface area contributed by atoms with E-state index >= 15 is 0 Å². The van der Waals surface area contributed by atoms with Crippen LogP contribution in [-0.4, -0.2) is 70.6 Å². The second-order valence-electron chi connectivity index (χ2n) is 8.49. The van der Waals surface area contributed by atoms with Crippen molar-refractivity contribution in [1.29, 1.82) is 0 Å². The van der Waals surface area contributed by atoms with E-state index in [1.165, 1.54) is 13.2 Å². The molecule has 5 rings (SSSR count). The quantitative estimate of drug-likeness (QED) is 0.509. The molecule has 0 aliphatic carbocycles. The third-order valence-electron chi connectivity index (χ3n) is 6.12. The van der Waals surface area contributed by atoms with Crippen LogP contribution in [0.3, 0.4) is 0 Å². The molecule has 1 fully saturated rings. The van der Waals surface area contributed by atoms with Gasteiger partial charge < -0.3 is 25.0 Å². The van der Waals surface area contributed by atoms with Crippen LogP contribution in [0.2, 0.25) is 0 Å². The molecule has 0 unspecified atom stereocenters. The van der Waals surface area contributed by atoms with E-state index in [9.17, 15) is 9.18 Å². The van der Waals surface area contributed by atoms with Crippen molar-refractivity contribution >= 4 is 22.8 Å². The van der Waals surface area contributed by atoms with Crippen molar-refractivity contribution in [3.63, 3.8) is 0 Å². The highest BCUT2D eigenvalue weighted by molar-refractivity contribution is 5.93. The van der Waals surface area contributed by atoms with Crippen LogP contribution in [0, 0.1) is 11.7 Å². The maximum absolute atomic E-state index is 14.6. The Labute approximate surface area is 195 Å². The van der Waals surface area contributed by atoms with Gasteiger partial charge in [-0.05, 0) is 44.0 Å². The minimum absolute atomic E-state index is 0.0355. The van der Waals surface area contributed by atoms with Crippen molar-refractivity contribution in [2.45, 2.75) is 19.4 Å². The number of fused-ring (bicyclic) bond motifs is 2. The van der Waals surface area contributed by atoms with Crippen LogP contribution in [0.4, 0.5) is 10.2 Å². The number of rotatable bonds is 8. The Kier molecular flexibility index (Phi) is 6.45. The molecule has 178 valence electrons. The van der Waals surface area contributed by atoms with Crippen LogP contribution in [0.15, 0.2) is 24.5 Å². The number of carbonyl (C=O) groups is 1. The number of hydrogen-bond donors (Lipinski definition) is 2. The van der Waals surface area contributed by atoms with Crippen LogP contribution in [0.1, 0.15) is 17.7 Å². The minimum atomic E-state index is -0.264. The smallest absolute Gasteiger partial charge is 0.263 e. The number of nitrogens with zero attached hydrogens (tertiary/aromatic N) is 5. The van der Waals surface area contributed by atoms with Gasteiger partial charge in [0.25, 0.3) is 11.8 Å². The number of carbonyl (C=O) groups excluding carboxylic acids is 1. The molecular formula is C23H26FN7O3. The van der Waals surface area contributed by atoms with Gasteiger partial charge in [0.05, 0.1) is 36.2 Å². The van der Waals surface area contributed by atoms with Crippen LogP contribution >= 0.6 is 0 Å². The number of nitrogens with one attached hydrogen (secondary N) is 2. The molecule has 0 saturated carbocycles. The number of amides is 1. The number of anilines is 1. The topological polar surface area (TPSA) is 114 Å². The molecule has 0 radical (unpaired) electrons. The third-order valence-corrected chi connectivity index (χ3v) is 6.12. The van der Waals surface area contributed by atoms with Crippen molar-refractivity contribution < 1.29 is 18.7 Å². The largest absolute Gasteiger partial charge is 0.480 e. The molecule has 2 aromatic heterocycles. The van der Waals surface area contributed by atoms with Crippen molar-refractivity contribution in [3.8, 4) is 11.8 Å². The van der Waals surface area contributed by atoms with Gasteiger partial charge in [-0.2, -0.15) is 0 Å². The van der Waals surface area contributed by atoms with Gasteiger partial charge in [0, 0.05) is 25.2 Å². The molecule has 1 amide bonds. The molecule has 1 saturated heterocycles. The van der Waals surface area contributed by atoms with Gasteiger partial charge in [0.1, 0.15) is 5.82 Å². The SMILES string of the molecule is COc1cnc2ccc(F)c(CCN3CC[C@@H](CNCc4cnc5c(n4)NC(=O)CO5)C3)c2n1. The Morgan fingerprint density at radius 2 is 2.21 bits per heavy atom. The zero-order chi connectivity index (χ0) is 23.5. The Balaban J connectivity index is 1.12. The predicted octanol–water partition coefficient (Wildman–Crippen LogP) is 1.55.